The van der Waals surface area contributed by atoms with Crippen LogP contribution in [0.1, 0.15) is 68.8 Å². The number of aliphatic carboxylic acids is 1. The van der Waals surface area contributed by atoms with Crippen molar-refractivity contribution >= 4 is 35.8 Å². The Morgan fingerprint density at radius 1 is 1.00 bits per heavy atom. The number of carboxylic acid groups (broad SMARTS) is 1. The lowest BCUT2D eigenvalue weighted by Gasteiger charge is -2.35. The fraction of sp³-hybridized carbons (Fsp3) is 0.559. The van der Waals surface area contributed by atoms with Gasteiger partial charge in [-0.2, -0.15) is 5.10 Å². The second-order valence-corrected chi connectivity index (χ2v) is 12.7. The van der Waals surface area contributed by atoms with Gasteiger partial charge in [-0.25, -0.2) is 9.48 Å². The first-order valence-electron chi connectivity index (χ1n) is 17.4. The van der Waals surface area contributed by atoms with Crippen molar-refractivity contribution in [1.29, 1.82) is 0 Å². The minimum Gasteiger partial charge on any atom is -0.481 e. The number of hydroxylamine groups is 2. The van der Waals surface area contributed by atoms with Crippen molar-refractivity contribution in [2.75, 3.05) is 45.9 Å². The molecule has 51 heavy (non-hydrogen) atoms. The number of rotatable bonds is 16. The number of amides is 4. The molecule has 0 spiro atoms. The third kappa shape index (κ3) is 10.4. The van der Waals surface area contributed by atoms with Crippen LogP contribution in [0.2, 0.25) is 0 Å². The molecule has 0 bridgehead atoms. The van der Waals surface area contributed by atoms with Gasteiger partial charge in [0.1, 0.15) is 12.1 Å². The number of para-hydroxylation sites is 1. The summed E-state index contributed by atoms with van der Waals surface area (Å²) in [7, 11) is 0. The van der Waals surface area contributed by atoms with Crippen LogP contribution in [0.5, 0.6) is 5.88 Å². The molecule has 1 aliphatic carbocycles. The van der Waals surface area contributed by atoms with Crippen LogP contribution in [0.4, 0.5) is 4.79 Å². The minimum atomic E-state index is -1.19. The Morgan fingerprint density at radius 3 is 2.43 bits per heavy atom. The fourth-order valence-electron chi connectivity index (χ4n) is 5.82. The normalized spacial score (nSPS) is 18.1. The maximum atomic E-state index is 13.6. The molecule has 2 saturated heterocycles. The summed E-state index contributed by atoms with van der Waals surface area (Å²) in [5.74, 6) is -2.85. The SMILES string of the molecule is CCCCOC(=O)ON1CCN(C(=O)[C@H](CCC(=O)O)NC(=O)c2cc(OCC(=O)N3CCC[C@H]3C(=O)NC3CC3)n(-c3ccccc3)n2)CC1. The maximum Gasteiger partial charge on any atom is 0.527 e. The second kappa shape index (κ2) is 17.6. The number of carbonyl (C=O) groups is 6. The summed E-state index contributed by atoms with van der Waals surface area (Å²) >= 11 is 0. The van der Waals surface area contributed by atoms with Crippen LogP contribution >= 0.6 is 0 Å². The molecule has 1 saturated carbocycles. The van der Waals surface area contributed by atoms with Gasteiger partial charge in [0.2, 0.25) is 17.7 Å². The summed E-state index contributed by atoms with van der Waals surface area (Å²) in [5.41, 5.74) is 0.409. The molecule has 4 amide bonds. The van der Waals surface area contributed by atoms with Gasteiger partial charge < -0.3 is 39.9 Å². The van der Waals surface area contributed by atoms with Gasteiger partial charge in [0.25, 0.3) is 11.8 Å². The van der Waals surface area contributed by atoms with Crippen LogP contribution in [0.15, 0.2) is 36.4 Å². The number of benzene rings is 1. The Balaban J connectivity index is 1.24. The highest BCUT2D eigenvalue weighted by Crippen LogP contribution is 2.24. The molecule has 0 unspecified atom stereocenters. The highest BCUT2D eigenvalue weighted by molar-refractivity contribution is 5.96. The van der Waals surface area contributed by atoms with Crippen molar-refractivity contribution in [3.05, 3.63) is 42.1 Å². The zero-order valence-electron chi connectivity index (χ0n) is 28.7. The zero-order chi connectivity index (χ0) is 36.3. The first-order valence-corrected chi connectivity index (χ1v) is 17.4. The van der Waals surface area contributed by atoms with E-state index in [1.807, 2.05) is 6.92 Å². The van der Waals surface area contributed by atoms with Gasteiger partial charge in [0, 0.05) is 38.2 Å². The van der Waals surface area contributed by atoms with Crippen molar-refractivity contribution in [2.45, 2.75) is 76.4 Å². The number of aromatic nitrogens is 2. The van der Waals surface area contributed by atoms with Crippen LogP contribution in [-0.2, 0) is 28.8 Å². The van der Waals surface area contributed by atoms with E-state index in [0.717, 1.165) is 19.3 Å². The summed E-state index contributed by atoms with van der Waals surface area (Å²) in [6, 6.07) is 8.55. The number of carboxylic acids is 1. The third-order valence-electron chi connectivity index (χ3n) is 8.78. The Labute approximate surface area is 295 Å². The van der Waals surface area contributed by atoms with Crippen molar-refractivity contribution in [1.82, 2.24) is 35.3 Å². The Kier molecular flexibility index (Phi) is 12.8. The molecule has 3 N–H and O–H groups in total. The first-order chi connectivity index (χ1) is 24.6. The molecular formula is C34H45N7O10. The van der Waals surface area contributed by atoms with Gasteiger partial charge in [-0.1, -0.05) is 31.5 Å². The lowest BCUT2D eigenvalue weighted by atomic mass is 10.1. The summed E-state index contributed by atoms with van der Waals surface area (Å²) < 4.78 is 12.3. The lowest BCUT2D eigenvalue weighted by Crippen LogP contribution is -2.55. The van der Waals surface area contributed by atoms with Crippen molar-refractivity contribution < 1.29 is 48.2 Å². The van der Waals surface area contributed by atoms with E-state index in [9.17, 15) is 33.9 Å². The summed E-state index contributed by atoms with van der Waals surface area (Å²) in [4.78, 5) is 84.6. The molecular weight excluding hydrogens is 666 g/mol. The van der Waals surface area contributed by atoms with Crippen molar-refractivity contribution in [2.24, 2.45) is 0 Å². The molecule has 2 aromatic rings. The van der Waals surface area contributed by atoms with E-state index in [4.69, 9.17) is 14.3 Å². The van der Waals surface area contributed by atoms with Gasteiger partial charge >= 0.3 is 12.1 Å². The van der Waals surface area contributed by atoms with Gasteiger partial charge in [-0.3, -0.25) is 24.0 Å². The molecule has 0 radical (unpaired) electrons. The number of likely N-dealkylation sites (tertiary alicyclic amines) is 1. The molecule has 17 heteroatoms. The standard InChI is InChI=1S/C34H45N7O10/c1-2-3-20-49-34(48)51-39-18-16-38(17-19-39)33(47)25(13-14-30(43)44)36-31(45)26-21-29(41(37-26)24-8-5-4-6-9-24)50-22-28(42)40-15-7-10-27(40)32(46)35-23-11-12-23/h4-6,8-9,21,23,25,27H,2-3,7,10-20,22H2,1H3,(H,35,46)(H,36,45)(H,43,44)/t25-,27-/m0/s1. The van der Waals surface area contributed by atoms with Gasteiger partial charge in [0.15, 0.2) is 12.3 Å². The monoisotopic (exact) mass is 711 g/mol. The molecule has 2 aliphatic heterocycles. The van der Waals surface area contributed by atoms with Crippen molar-refractivity contribution in [3.63, 3.8) is 0 Å². The summed E-state index contributed by atoms with van der Waals surface area (Å²) in [6.07, 6.45) is 3.33. The van der Waals surface area contributed by atoms with E-state index in [2.05, 4.69) is 15.7 Å². The molecule has 3 aliphatic rings. The van der Waals surface area contributed by atoms with Gasteiger partial charge in [-0.15, -0.1) is 5.06 Å². The number of nitrogens with one attached hydrogen (secondary N) is 2. The number of nitrogens with zero attached hydrogens (tertiary/aromatic N) is 5. The average Bonchev–Trinajstić information content (AvgIpc) is 3.61. The highest BCUT2D eigenvalue weighted by atomic mass is 16.8. The molecule has 17 nitrogen and oxygen atoms in total. The number of ether oxygens (including phenoxy) is 2. The fourth-order valence-corrected chi connectivity index (χ4v) is 5.82. The first kappa shape index (κ1) is 37.1. The number of hydrogen-bond acceptors (Lipinski definition) is 11. The van der Waals surface area contributed by atoms with E-state index >= 15 is 0 Å². The molecule has 276 valence electrons. The highest BCUT2D eigenvalue weighted by Gasteiger charge is 2.37. The number of piperazine rings is 1. The van der Waals surface area contributed by atoms with Crippen LogP contribution in [-0.4, -0.2) is 130 Å². The predicted molar refractivity (Wildman–Crippen MR) is 179 cm³/mol. The molecule has 2 atom stereocenters. The second-order valence-electron chi connectivity index (χ2n) is 12.7. The largest absolute Gasteiger partial charge is 0.527 e. The van der Waals surface area contributed by atoms with Crippen molar-refractivity contribution in [3.8, 4) is 11.6 Å². The summed E-state index contributed by atoms with van der Waals surface area (Å²) in [5, 5.41) is 20.7. The maximum absolute atomic E-state index is 13.6. The zero-order valence-corrected chi connectivity index (χ0v) is 28.7. The lowest BCUT2D eigenvalue weighted by molar-refractivity contribution is -0.158. The van der Waals surface area contributed by atoms with E-state index in [1.54, 1.807) is 30.3 Å². The predicted octanol–water partition coefficient (Wildman–Crippen LogP) is 1.50. The Morgan fingerprint density at radius 2 is 1.75 bits per heavy atom. The van der Waals surface area contributed by atoms with E-state index in [-0.39, 0.29) is 75.1 Å². The molecule has 1 aromatic heterocycles. The average molecular weight is 712 g/mol. The number of carbonyl (C=O) groups excluding carboxylic acids is 5. The van der Waals surface area contributed by atoms with Crippen LogP contribution < -0.4 is 15.4 Å². The van der Waals surface area contributed by atoms with Crippen LogP contribution in [0.25, 0.3) is 5.69 Å². The van der Waals surface area contributed by atoms with Crippen LogP contribution in [0.3, 0.4) is 0 Å². The number of unbranched alkanes of at least 4 members (excludes halogenated alkanes) is 1. The van der Waals surface area contributed by atoms with E-state index in [1.165, 1.54) is 25.6 Å². The number of hydrogen-bond donors (Lipinski definition) is 3. The molecule has 3 heterocycles. The smallest absolute Gasteiger partial charge is 0.481 e. The Bertz CT molecular complexity index is 1560. The minimum absolute atomic E-state index is 0.0793. The summed E-state index contributed by atoms with van der Waals surface area (Å²) in [6.45, 7) is 2.94. The molecule has 5 rings (SSSR count). The van der Waals surface area contributed by atoms with Crippen LogP contribution in [0, 0.1) is 0 Å². The Hall–Kier alpha value is -5.19. The van der Waals surface area contributed by atoms with E-state index < -0.39 is 42.6 Å². The topological polar surface area (TPSA) is 202 Å². The molecule has 1 aromatic carbocycles. The molecule has 3 fully saturated rings. The van der Waals surface area contributed by atoms with Gasteiger partial charge in [0.05, 0.1) is 25.4 Å². The van der Waals surface area contributed by atoms with Gasteiger partial charge in [-0.05, 0) is 50.7 Å². The third-order valence-corrected chi connectivity index (χ3v) is 8.78. The van der Waals surface area contributed by atoms with E-state index in [0.29, 0.717) is 31.5 Å². The quantitative estimate of drug-likeness (QED) is 0.168.